The largest absolute Gasteiger partial charge is 0.381 e. The topological polar surface area (TPSA) is 21.3 Å². The van der Waals surface area contributed by atoms with Crippen LogP contribution in [0.4, 0.5) is 4.39 Å². The molecule has 0 saturated heterocycles. The zero-order valence-corrected chi connectivity index (χ0v) is 10.7. The monoisotopic (exact) mass is 239 g/mol. The number of hydrogen-bond donors (Lipinski definition) is 1. The van der Waals surface area contributed by atoms with Gasteiger partial charge in [-0.3, -0.25) is 0 Å². The molecule has 0 aliphatic carbocycles. The number of ether oxygens (including phenoxy) is 1. The molecule has 0 heterocycles. The van der Waals surface area contributed by atoms with Gasteiger partial charge in [0, 0.05) is 25.7 Å². The van der Waals surface area contributed by atoms with Crippen molar-refractivity contribution in [1.82, 2.24) is 5.32 Å². The zero-order valence-electron chi connectivity index (χ0n) is 10.7. The summed E-state index contributed by atoms with van der Waals surface area (Å²) in [5, 5.41) is 3.11. The molecule has 2 nitrogen and oxygen atoms in total. The third kappa shape index (κ3) is 4.84. The van der Waals surface area contributed by atoms with Gasteiger partial charge in [0.25, 0.3) is 0 Å². The third-order valence-electron chi connectivity index (χ3n) is 2.75. The Hall–Kier alpha value is -0.930. The molecule has 0 radical (unpaired) electrons. The summed E-state index contributed by atoms with van der Waals surface area (Å²) in [4.78, 5) is 0. The third-order valence-corrected chi connectivity index (χ3v) is 2.75. The van der Waals surface area contributed by atoms with Gasteiger partial charge in [0.15, 0.2) is 0 Å². The van der Waals surface area contributed by atoms with Gasteiger partial charge in [0.1, 0.15) is 5.82 Å². The molecule has 0 aliphatic heterocycles. The summed E-state index contributed by atoms with van der Waals surface area (Å²) in [7, 11) is 1.89. The molecule has 0 bridgehead atoms. The molecule has 1 atom stereocenters. The Morgan fingerprint density at radius 1 is 1.29 bits per heavy atom. The minimum Gasteiger partial charge on any atom is -0.381 e. The highest BCUT2D eigenvalue weighted by Crippen LogP contribution is 2.21. The first kappa shape index (κ1) is 14.1. The fraction of sp³-hybridized carbons (Fsp3) is 0.571. The van der Waals surface area contributed by atoms with Crippen molar-refractivity contribution in [2.75, 3.05) is 26.8 Å². The molecule has 3 heteroatoms. The molecule has 1 aromatic carbocycles. The smallest absolute Gasteiger partial charge is 0.126 e. The predicted octanol–water partition coefficient (Wildman–Crippen LogP) is 2.95. The Bertz CT molecular complexity index is 317. The average Bonchev–Trinajstić information content (AvgIpc) is 2.34. The van der Waals surface area contributed by atoms with Gasteiger partial charge in [-0.25, -0.2) is 4.39 Å². The van der Waals surface area contributed by atoms with Crippen molar-refractivity contribution in [3.63, 3.8) is 0 Å². The molecule has 0 aliphatic rings. The maximum atomic E-state index is 13.7. The molecular formula is C14H22FNO. The molecule has 17 heavy (non-hydrogen) atoms. The number of nitrogens with one attached hydrogen (secondary N) is 1. The van der Waals surface area contributed by atoms with Gasteiger partial charge in [0.05, 0.1) is 0 Å². The summed E-state index contributed by atoms with van der Waals surface area (Å²) >= 11 is 0. The number of likely N-dealkylation sites (N-methyl/N-ethyl adjacent to an activating group) is 1. The van der Waals surface area contributed by atoms with E-state index in [0.29, 0.717) is 6.61 Å². The van der Waals surface area contributed by atoms with Gasteiger partial charge >= 0.3 is 0 Å². The molecule has 1 rings (SSSR count). The van der Waals surface area contributed by atoms with E-state index in [1.807, 2.05) is 19.2 Å². The Kier molecular flexibility index (Phi) is 6.82. The lowest BCUT2D eigenvalue weighted by atomic mass is 9.95. The van der Waals surface area contributed by atoms with Gasteiger partial charge in [0.2, 0.25) is 0 Å². The van der Waals surface area contributed by atoms with Crippen molar-refractivity contribution in [1.29, 1.82) is 0 Å². The summed E-state index contributed by atoms with van der Waals surface area (Å²) in [5.74, 6) is 0.0568. The minimum absolute atomic E-state index is 0.122. The quantitative estimate of drug-likeness (QED) is 0.704. The van der Waals surface area contributed by atoms with Crippen LogP contribution in [0.3, 0.4) is 0 Å². The van der Waals surface area contributed by atoms with Crippen LogP contribution in [-0.4, -0.2) is 26.8 Å². The molecule has 1 N–H and O–H groups in total. The Morgan fingerprint density at radius 2 is 2.06 bits per heavy atom. The van der Waals surface area contributed by atoms with Crippen LogP contribution in [-0.2, 0) is 4.74 Å². The molecule has 96 valence electrons. The fourth-order valence-electron chi connectivity index (χ4n) is 1.89. The highest BCUT2D eigenvalue weighted by molar-refractivity contribution is 5.22. The first-order valence-electron chi connectivity index (χ1n) is 6.26. The van der Waals surface area contributed by atoms with Crippen molar-refractivity contribution < 1.29 is 9.13 Å². The van der Waals surface area contributed by atoms with E-state index >= 15 is 0 Å². The van der Waals surface area contributed by atoms with Crippen LogP contribution in [0, 0.1) is 5.82 Å². The van der Waals surface area contributed by atoms with E-state index in [0.717, 1.165) is 31.6 Å². The molecule has 0 spiro atoms. The Balaban J connectivity index is 2.56. The lowest BCUT2D eigenvalue weighted by Gasteiger charge is -2.17. The highest BCUT2D eigenvalue weighted by Gasteiger charge is 2.14. The maximum absolute atomic E-state index is 13.7. The van der Waals surface area contributed by atoms with Crippen LogP contribution in [0.1, 0.15) is 31.2 Å². The van der Waals surface area contributed by atoms with Crippen molar-refractivity contribution >= 4 is 0 Å². The van der Waals surface area contributed by atoms with Crippen LogP contribution < -0.4 is 5.32 Å². The van der Waals surface area contributed by atoms with E-state index in [-0.39, 0.29) is 11.7 Å². The average molecular weight is 239 g/mol. The van der Waals surface area contributed by atoms with E-state index in [9.17, 15) is 4.39 Å². The second-order valence-corrected chi connectivity index (χ2v) is 4.18. The first-order valence-corrected chi connectivity index (χ1v) is 6.26. The van der Waals surface area contributed by atoms with Crippen molar-refractivity contribution in [2.24, 2.45) is 0 Å². The molecule has 0 fully saturated rings. The second kappa shape index (κ2) is 8.20. The van der Waals surface area contributed by atoms with E-state index < -0.39 is 0 Å². The Labute approximate surface area is 103 Å². The molecule has 0 amide bonds. The van der Waals surface area contributed by atoms with Crippen molar-refractivity contribution in [2.45, 2.75) is 25.7 Å². The molecule has 1 aromatic rings. The van der Waals surface area contributed by atoms with E-state index in [1.165, 1.54) is 6.07 Å². The van der Waals surface area contributed by atoms with Gasteiger partial charge in [-0.15, -0.1) is 0 Å². The van der Waals surface area contributed by atoms with Crippen LogP contribution in [0.15, 0.2) is 24.3 Å². The SMILES string of the molecule is CCCOCCC(CNC)c1ccccc1F. The number of rotatable bonds is 8. The number of benzene rings is 1. The lowest BCUT2D eigenvalue weighted by Crippen LogP contribution is -2.19. The normalized spacial score (nSPS) is 12.6. The fourth-order valence-corrected chi connectivity index (χ4v) is 1.89. The van der Waals surface area contributed by atoms with Crippen molar-refractivity contribution in [3.8, 4) is 0 Å². The second-order valence-electron chi connectivity index (χ2n) is 4.18. The van der Waals surface area contributed by atoms with Crippen molar-refractivity contribution in [3.05, 3.63) is 35.6 Å². The summed E-state index contributed by atoms with van der Waals surface area (Å²) in [6.07, 6.45) is 1.87. The Morgan fingerprint density at radius 3 is 2.71 bits per heavy atom. The molecule has 0 saturated carbocycles. The standard InChI is InChI=1S/C14H22FNO/c1-3-9-17-10-8-12(11-16-2)13-6-4-5-7-14(13)15/h4-7,12,16H,3,8-11H2,1-2H3. The summed E-state index contributed by atoms with van der Waals surface area (Å²) < 4.78 is 19.1. The van der Waals surface area contributed by atoms with Crippen LogP contribution in [0.5, 0.6) is 0 Å². The minimum atomic E-state index is -0.122. The zero-order chi connectivity index (χ0) is 12.5. The first-order chi connectivity index (χ1) is 8.29. The van der Waals surface area contributed by atoms with Gasteiger partial charge in [-0.2, -0.15) is 0 Å². The van der Waals surface area contributed by atoms with Gasteiger partial charge in [-0.1, -0.05) is 25.1 Å². The number of halogens is 1. The van der Waals surface area contributed by atoms with E-state index in [2.05, 4.69) is 12.2 Å². The molecular weight excluding hydrogens is 217 g/mol. The van der Waals surface area contributed by atoms with Crippen LogP contribution in [0.2, 0.25) is 0 Å². The molecule has 0 aromatic heterocycles. The van der Waals surface area contributed by atoms with Gasteiger partial charge in [-0.05, 0) is 31.5 Å². The highest BCUT2D eigenvalue weighted by atomic mass is 19.1. The maximum Gasteiger partial charge on any atom is 0.126 e. The van der Waals surface area contributed by atoms with Crippen LogP contribution in [0.25, 0.3) is 0 Å². The summed E-state index contributed by atoms with van der Waals surface area (Å²) in [6, 6.07) is 6.98. The predicted molar refractivity (Wildman–Crippen MR) is 68.8 cm³/mol. The number of hydrogen-bond acceptors (Lipinski definition) is 2. The summed E-state index contributed by atoms with van der Waals surface area (Å²) in [5.41, 5.74) is 0.780. The lowest BCUT2D eigenvalue weighted by molar-refractivity contribution is 0.127. The van der Waals surface area contributed by atoms with E-state index in [4.69, 9.17) is 4.74 Å². The van der Waals surface area contributed by atoms with Gasteiger partial charge < -0.3 is 10.1 Å². The van der Waals surface area contributed by atoms with Crippen LogP contribution >= 0.6 is 0 Å². The van der Waals surface area contributed by atoms with E-state index in [1.54, 1.807) is 6.07 Å². The molecule has 1 unspecified atom stereocenters. The summed E-state index contributed by atoms with van der Waals surface area (Å²) in [6.45, 7) is 4.33.